The molecule has 3 aromatic heterocycles. The zero-order chi connectivity index (χ0) is 27.1. The van der Waals surface area contributed by atoms with Crippen LogP contribution < -0.4 is 5.69 Å². The highest BCUT2D eigenvalue weighted by molar-refractivity contribution is 5.83. The summed E-state index contributed by atoms with van der Waals surface area (Å²) in [5, 5.41) is 6.88. The van der Waals surface area contributed by atoms with Gasteiger partial charge in [0.05, 0.1) is 17.6 Å². The summed E-state index contributed by atoms with van der Waals surface area (Å²) in [6.45, 7) is 1.76. The molecule has 4 heterocycles. The third-order valence-corrected chi connectivity index (χ3v) is 7.27. The molecule has 0 N–H and O–H groups in total. The van der Waals surface area contributed by atoms with Crippen LogP contribution in [0.5, 0.6) is 0 Å². The first-order valence-corrected chi connectivity index (χ1v) is 12.6. The van der Waals surface area contributed by atoms with Crippen LogP contribution in [0.15, 0.2) is 70.1 Å². The van der Waals surface area contributed by atoms with Crippen LogP contribution in [0.2, 0.25) is 0 Å². The van der Waals surface area contributed by atoms with Crippen molar-refractivity contribution in [3.05, 3.63) is 88.7 Å². The lowest BCUT2D eigenvalue weighted by Gasteiger charge is -2.29. The standard InChI is InChI=1S/C28H25F3N6O2/c1-35-11-8-21(9-12-35)37-24-14-17(19-3-2-10-32-15-19)6-7-23(24)36(28(37)38)16-20-5-4-18(13-22(20)29)26-33-34-27(39-26)25(30)31/h2-7,10,13-15,21,25H,8-9,11-12,16H2,1H3. The molecule has 6 rings (SSSR count). The monoisotopic (exact) mass is 534 g/mol. The van der Waals surface area contributed by atoms with Crippen molar-refractivity contribution in [1.82, 2.24) is 29.2 Å². The van der Waals surface area contributed by atoms with Crippen LogP contribution in [0.4, 0.5) is 13.2 Å². The SMILES string of the molecule is CN1CCC(n2c(=O)n(Cc3ccc(-c4nnc(C(F)F)o4)cc3F)c3ccc(-c4cccnc4)cc32)CC1. The van der Waals surface area contributed by atoms with Gasteiger partial charge in [0.2, 0.25) is 5.89 Å². The van der Waals surface area contributed by atoms with E-state index >= 15 is 4.39 Å². The van der Waals surface area contributed by atoms with Crippen molar-refractivity contribution < 1.29 is 17.6 Å². The first-order valence-electron chi connectivity index (χ1n) is 12.6. The largest absolute Gasteiger partial charge is 0.415 e. The zero-order valence-electron chi connectivity index (χ0n) is 21.1. The van der Waals surface area contributed by atoms with Crippen molar-refractivity contribution in [2.24, 2.45) is 0 Å². The second-order valence-electron chi connectivity index (χ2n) is 9.77. The van der Waals surface area contributed by atoms with Gasteiger partial charge in [0.15, 0.2) is 0 Å². The Balaban J connectivity index is 1.41. The maximum atomic E-state index is 15.2. The van der Waals surface area contributed by atoms with Crippen LogP contribution in [-0.2, 0) is 6.54 Å². The molecule has 2 aromatic carbocycles. The number of imidazole rings is 1. The number of hydrogen-bond donors (Lipinski definition) is 0. The van der Waals surface area contributed by atoms with E-state index in [1.807, 2.05) is 34.9 Å². The first-order chi connectivity index (χ1) is 18.9. The number of fused-ring (bicyclic) bond motifs is 1. The number of rotatable bonds is 6. The summed E-state index contributed by atoms with van der Waals surface area (Å²) in [6.07, 6.45) is 2.24. The van der Waals surface area contributed by atoms with Crippen molar-refractivity contribution >= 4 is 11.0 Å². The van der Waals surface area contributed by atoms with E-state index in [1.165, 1.54) is 12.1 Å². The molecule has 39 heavy (non-hydrogen) atoms. The second kappa shape index (κ2) is 10.1. The minimum absolute atomic E-state index is 0.000569. The molecule has 1 aliphatic rings. The van der Waals surface area contributed by atoms with Gasteiger partial charge in [0, 0.05) is 35.1 Å². The number of benzene rings is 2. The van der Waals surface area contributed by atoms with E-state index in [1.54, 1.807) is 17.0 Å². The lowest BCUT2D eigenvalue weighted by molar-refractivity contribution is 0.116. The van der Waals surface area contributed by atoms with Crippen LogP contribution in [0.3, 0.4) is 0 Å². The highest BCUT2D eigenvalue weighted by Gasteiger charge is 2.25. The number of alkyl halides is 2. The molecular formula is C28H25F3N6O2. The number of pyridine rings is 1. The summed E-state index contributed by atoms with van der Waals surface area (Å²) in [5.74, 6) is -1.63. The van der Waals surface area contributed by atoms with Crippen LogP contribution in [0.1, 0.15) is 36.8 Å². The van der Waals surface area contributed by atoms with Gasteiger partial charge in [-0.15, -0.1) is 10.2 Å². The van der Waals surface area contributed by atoms with Gasteiger partial charge < -0.3 is 9.32 Å². The third-order valence-electron chi connectivity index (χ3n) is 7.27. The van der Waals surface area contributed by atoms with E-state index in [0.29, 0.717) is 5.52 Å². The summed E-state index contributed by atoms with van der Waals surface area (Å²) < 4.78 is 49.2. The normalized spacial score (nSPS) is 15.0. The van der Waals surface area contributed by atoms with Gasteiger partial charge in [-0.2, -0.15) is 8.78 Å². The molecule has 0 unspecified atom stereocenters. The third kappa shape index (κ3) is 4.74. The Kier molecular flexibility index (Phi) is 6.51. The Labute approximate surface area is 221 Å². The van der Waals surface area contributed by atoms with Crippen molar-refractivity contribution in [3.8, 4) is 22.6 Å². The van der Waals surface area contributed by atoms with Crippen LogP contribution in [0, 0.1) is 5.82 Å². The fourth-order valence-corrected chi connectivity index (χ4v) is 5.17. The molecule has 11 heteroatoms. The number of piperidine rings is 1. The summed E-state index contributed by atoms with van der Waals surface area (Å²) in [6, 6.07) is 13.9. The van der Waals surface area contributed by atoms with Crippen LogP contribution in [-0.4, -0.2) is 49.4 Å². The zero-order valence-corrected chi connectivity index (χ0v) is 21.1. The summed E-state index contributed by atoms with van der Waals surface area (Å²) in [5.41, 5.74) is 3.61. The molecule has 0 atom stereocenters. The maximum absolute atomic E-state index is 15.2. The number of likely N-dealkylation sites (tertiary alicyclic amines) is 1. The number of hydrogen-bond acceptors (Lipinski definition) is 6. The average molecular weight is 535 g/mol. The fraction of sp³-hybridized carbons (Fsp3) is 0.286. The predicted octanol–water partition coefficient (Wildman–Crippen LogP) is 5.31. The van der Waals surface area contributed by atoms with Crippen molar-refractivity contribution in [3.63, 3.8) is 0 Å². The van der Waals surface area contributed by atoms with Crippen molar-refractivity contribution in [1.29, 1.82) is 0 Å². The van der Waals surface area contributed by atoms with E-state index < -0.39 is 18.1 Å². The second-order valence-corrected chi connectivity index (χ2v) is 9.77. The molecule has 5 aromatic rings. The van der Waals surface area contributed by atoms with Gasteiger partial charge in [0.1, 0.15) is 5.82 Å². The van der Waals surface area contributed by atoms with Gasteiger partial charge in [-0.05, 0) is 68.9 Å². The van der Waals surface area contributed by atoms with Gasteiger partial charge in [0.25, 0.3) is 5.89 Å². The molecule has 8 nitrogen and oxygen atoms in total. The first kappa shape index (κ1) is 25.1. The van der Waals surface area contributed by atoms with Crippen molar-refractivity contribution in [2.75, 3.05) is 20.1 Å². The Hall–Kier alpha value is -4.25. The van der Waals surface area contributed by atoms with Crippen LogP contribution in [0.25, 0.3) is 33.6 Å². The van der Waals surface area contributed by atoms with Crippen LogP contribution >= 0.6 is 0 Å². The molecule has 1 aliphatic heterocycles. The van der Waals surface area contributed by atoms with Gasteiger partial charge in [-0.25, -0.2) is 9.18 Å². The number of halogens is 3. The molecule has 0 saturated carbocycles. The molecule has 0 spiro atoms. The Morgan fingerprint density at radius 2 is 1.79 bits per heavy atom. The molecule has 1 fully saturated rings. The minimum Gasteiger partial charge on any atom is -0.415 e. The smallest absolute Gasteiger partial charge is 0.329 e. The lowest BCUT2D eigenvalue weighted by atomic mass is 10.0. The Bertz CT molecular complexity index is 1690. The molecule has 1 saturated heterocycles. The molecule has 0 aliphatic carbocycles. The minimum atomic E-state index is -2.91. The fourth-order valence-electron chi connectivity index (χ4n) is 5.17. The molecular weight excluding hydrogens is 509 g/mol. The Morgan fingerprint density at radius 1 is 1.00 bits per heavy atom. The predicted molar refractivity (Wildman–Crippen MR) is 139 cm³/mol. The van der Waals surface area contributed by atoms with E-state index in [4.69, 9.17) is 4.42 Å². The van der Waals surface area contributed by atoms with Gasteiger partial charge >= 0.3 is 12.1 Å². The molecule has 0 radical (unpaired) electrons. The molecule has 0 amide bonds. The summed E-state index contributed by atoms with van der Waals surface area (Å²) in [4.78, 5) is 20.3. The van der Waals surface area contributed by atoms with Crippen molar-refractivity contribution in [2.45, 2.75) is 31.9 Å². The topological polar surface area (TPSA) is 82.0 Å². The number of aromatic nitrogens is 5. The Morgan fingerprint density at radius 3 is 2.49 bits per heavy atom. The van der Waals surface area contributed by atoms with E-state index in [2.05, 4.69) is 27.1 Å². The summed E-state index contributed by atoms with van der Waals surface area (Å²) >= 11 is 0. The summed E-state index contributed by atoms with van der Waals surface area (Å²) in [7, 11) is 2.07. The maximum Gasteiger partial charge on any atom is 0.329 e. The van der Waals surface area contributed by atoms with E-state index in [9.17, 15) is 13.6 Å². The quantitative estimate of drug-likeness (QED) is 0.294. The number of nitrogens with zero attached hydrogens (tertiary/aromatic N) is 6. The average Bonchev–Trinajstić information content (AvgIpc) is 3.54. The van der Waals surface area contributed by atoms with E-state index in [-0.39, 0.29) is 35.3 Å². The van der Waals surface area contributed by atoms with E-state index in [0.717, 1.165) is 48.6 Å². The molecule has 0 bridgehead atoms. The lowest BCUT2D eigenvalue weighted by Crippen LogP contribution is -2.36. The highest BCUT2D eigenvalue weighted by atomic mass is 19.3. The molecule has 200 valence electrons. The van der Waals surface area contributed by atoms with Gasteiger partial charge in [-0.1, -0.05) is 18.2 Å². The highest BCUT2D eigenvalue weighted by Crippen LogP contribution is 2.30. The van der Waals surface area contributed by atoms with Gasteiger partial charge in [-0.3, -0.25) is 14.1 Å².